The highest BCUT2D eigenvalue weighted by atomic mass is 16.3. The van der Waals surface area contributed by atoms with Crippen LogP contribution in [0.3, 0.4) is 0 Å². The predicted octanol–water partition coefficient (Wildman–Crippen LogP) is 1.97. The van der Waals surface area contributed by atoms with Crippen LogP contribution in [0.1, 0.15) is 27.2 Å². The van der Waals surface area contributed by atoms with Crippen molar-refractivity contribution in [1.29, 1.82) is 0 Å². The van der Waals surface area contributed by atoms with Gasteiger partial charge < -0.3 is 5.11 Å². The van der Waals surface area contributed by atoms with Crippen LogP contribution in [-0.2, 0) is 0 Å². The normalized spacial score (nSPS) is 18.2. The van der Waals surface area contributed by atoms with Crippen LogP contribution in [0.4, 0.5) is 0 Å². The van der Waals surface area contributed by atoms with E-state index in [1.165, 1.54) is 0 Å². The molecule has 0 bridgehead atoms. The molecular weight excluding hydrogens is 112 g/mol. The number of aliphatic hydroxyl groups is 1. The molecule has 0 rings (SSSR count). The molecule has 0 aliphatic heterocycles. The summed E-state index contributed by atoms with van der Waals surface area (Å²) in [7, 11) is 0. The molecule has 0 aromatic rings. The van der Waals surface area contributed by atoms with Gasteiger partial charge in [-0.3, -0.25) is 0 Å². The fraction of sp³-hybridized carbons (Fsp3) is 0.750. The van der Waals surface area contributed by atoms with Gasteiger partial charge in [0, 0.05) is 0 Å². The Kier molecular flexibility index (Phi) is 4.41. The van der Waals surface area contributed by atoms with Gasteiger partial charge in [-0.2, -0.15) is 0 Å². The number of allylic oxidation sites excluding steroid dienone is 1. The maximum Gasteiger partial charge on any atom is 0.0597 e. The Bertz CT molecular complexity index is 86.6. The summed E-state index contributed by atoms with van der Waals surface area (Å²) in [5.74, 6) is 0.306. The van der Waals surface area contributed by atoms with E-state index in [0.29, 0.717) is 5.92 Å². The standard InChI is InChI=1S/C8H16O/c1-4-6-7(3)8(9)5-2/h4,6-9H,5H2,1-3H3/t7-,8-/m0/s1. The molecule has 0 amide bonds. The largest absolute Gasteiger partial charge is 0.393 e. The Morgan fingerprint density at radius 2 is 2.11 bits per heavy atom. The summed E-state index contributed by atoms with van der Waals surface area (Å²) < 4.78 is 0. The quantitative estimate of drug-likeness (QED) is 0.576. The zero-order valence-corrected chi connectivity index (χ0v) is 6.46. The first kappa shape index (κ1) is 8.70. The number of hydrogen-bond donors (Lipinski definition) is 1. The van der Waals surface area contributed by atoms with Crippen LogP contribution >= 0.6 is 0 Å². The Labute approximate surface area is 57.4 Å². The summed E-state index contributed by atoms with van der Waals surface area (Å²) in [5, 5.41) is 9.21. The maximum atomic E-state index is 9.21. The smallest absolute Gasteiger partial charge is 0.0597 e. The average Bonchev–Trinajstić information content (AvgIpc) is 1.87. The lowest BCUT2D eigenvalue weighted by Gasteiger charge is -2.11. The minimum atomic E-state index is -0.166. The first-order valence-electron chi connectivity index (χ1n) is 3.53. The van der Waals surface area contributed by atoms with Crippen molar-refractivity contribution >= 4 is 0 Å². The second-order valence-corrected chi connectivity index (χ2v) is 2.36. The van der Waals surface area contributed by atoms with Crippen molar-refractivity contribution in [3.8, 4) is 0 Å². The van der Waals surface area contributed by atoms with E-state index < -0.39 is 0 Å². The van der Waals surface area contributed by atoms with Crippen LogP contribution in [0.2, 0.25) is 0 Å². The molecule has 0 saturated heterocycles. The van der Waals surface area contributed by atoms with E-state index in [9.17, 15) is 5.11 Å². The van der Waals surface area contributed by atoms with E-state index in [2.05, 4.69) is 0 Å². The topological polar surface area (TPSA) is 20.2 Å². The predicted molar refractivity (Wildman–Crippen MR) is 40.3 cm³/mol. The minimum absolute atomic E-state index is 0.166. The maximum absolute atomic E-state index is 9.21. The van der Waals surface area contributed by atoms with Gasteiger partial charge in [0.1, 0.15) is 0 Å². The van der Waals surface area contributed by atoms with Gasteiger partial charge in [-0.05, 0) is 19.3 Å². The molecule has 0 aliphatic carbocycles. The summed E-state index contributed by atoms with van der Waals surface area (Å²) >= 11 is 0. The molecule has 0 unspecified atom stereocenters. The van der Waals surface area contributed by atoms with Crippen LogP contribution in [-0.4, -0.2) is 11.2 Å². The van der Waals surface area contributed by atoms with Gasteiger partial charge in [-0.1, -0.05) is 26.0 Å². The summed E-state index contributed by atoms with van der Waals surface area (Å²) in [4.78, 5) is 0. The van der Waals surface area contributed by atoms with Gasteiger partial charge in [0.25, 0.3) is 0 Å². The Morgan fingerprint density at radius 1 is 1.56 bits per heavy atom. The molecular formula is C8H16O. The second-order valence-electron chi connectivity index (χ2n) is 2.36. The van der Waals surface area contributed by atoms with E-state index in [0.717, 1.165) is 6.42 Å². The fourth-order valence-corrected chi connectivity index (χ4v) is 0.804. The molecule has 0 aromatic heterocycles. The van der Waals surface area contributed by atoms with Gasteiger partial charge in [-0.25, -0.2) is 0 Å². The Balaban J connectivity index is 3.58. The molecule has 0 saturated carbocycles. The lowest BCUT2D eigenvalue weighted by Crippen LogP contribution is -2.13. The first-order chi connectivity index (χ1) is 4.22. The van der Waals surface area contributed by atoms with Crippen molar-refractivity contribution in [3.05, 3.63) is 12.2 Å². The molecule has 1 N–H and O–H groups in total. The summed E-state index contributed by atoms with van der Waals surface area (Å²) in [6.45, 7) is 5.98. The zero-order valence-electron chi connectivity index (χ0n) is 6.46. The third kappa shape index (κ3) is 3.31. The molecule has 0 aliphatic rings. The fourth-order valence-electron chi connectivity index (χ4n) is 0.804. The van der Waals surface area contributed by atoms with E-state index in [1.54, 1.807) is 0 Å². The van der Waals surface area contributed by atoms with Crippen molar-refractivity contribution in [2.24, 2.45) is 5.92 Å². The summed E-state index contributed by atoms with van der Waals surface area (Å²) in [6.07, 6.45) is 4.67. The second kappa shape index (κ2) is 4.57. The monoisotopic (exact) mass is 128 g/mol. The van der Waals surface area contributed by atoms with Gasteiger partial charge in [-0.15, -0.1) is 0 Å². The number of hydrogen-bond acceptors (Lipinski definition) is 1. The molecule has 0 radical (unpaired) electrons. The molecule has 9 heavy (non-hydrogen) atoms. The molecule has 1 heteroatoms. The van der Waals surface area contributed by atoms with Crippen molar-refractivity contribution in [3.63, 3.8) is 0 Å². The van der Waals surface area contributed by atoms with Crippen LogP contribution in [0, 0.1) is 5.92 Å². The lowest BCUT2D eigenvalue weighted by molar-refractivity contribution is 0.133. The van der Waals surface area contributed by atoms with Crippen molar-refractivity contribution < 1.29 is 5.11 Å². The van der Waals surface area contributed by atoms with Crippen molar-refractivity contribution in [1.82, 2.24) is 0 Å². The Morgan fingerprint density at radius 3 is 2.44 bits per heavy atom. The number of aliphatic hydroxyl groups excluding tert-OH is 1. The first-order valence-corrected chi connectivity index (χ1v) is 3.53. The third-order valence-corrected chi connectivity index (χ3v) is 1.52. The molecule has 2 atom stereocenters. The summed E-state index contributed by atoms with van der Waals surface area (Å²) in [5.41, 5.74) is 0. The van der Waals surface area contributed by atoms with Crippen LogP contribution in [0.15, 0.2) is 12.2 Å². The van der Waals surface area contributed by atoms with Crippen molar-refractivity contribution in [2.45, 2.75) is 33.3 Å². The molecule has 1 nitrogen and oxygen atoms in total. The molecule has 0 spiro atoms. The van der Waals surface area contributed by atoms with Crippen molar-refractivity contribution in [2.75, 3.05) is 0 Å². The van der Waals surface area contributed by atoms with Crippen LogP contribution in [0.25, 0.3) is 0 Å². The molecule has 0 heterocycles. The van der Waals surface area contributed by atoms with E-state index in [-0.39, 0.29) is 6.10 Å². The molecule has 0 fully saturated rings. The van der Waals surface area contributed by atoms with Gasteiger partial charge in [0.05, 0.1) is 6.10 Å². The highest BCUT2D eigenvalue weighted by Crippen LogP contribution is 2.06. The third-order valence-electron chi connectivity index (χ3n) is 1.52. The van der Waals surface area contributed by atoms with E-state index in [4.69, 9.17) is 0 Å². The van der Waals surface area contributed by atoms with Crippen LogP contribution in [0.5, 0.6) is 0 Å². The SMILES string of the molecule is CC=C[C@H](C)[C@@H](O)CC. The lowest BCUT2D eigenvalue weighted by atomic mass is 10.0. The van der Waals surface area contributed by atoms with Gasteiger partial charge in [0.15, 0.2) is 0 Å². The minimum Gasteiger partial charge on any atom is -0.393 e. The molecule has 54 valence electrons. The van der Waals surface area contributed by atoms with Gasteiger partial charge in [0.2, 0.25) is 0 Å². The number of rotatable bonds is 3. The molecule has 0 aromatic carbocycles. The van der Waals surface area contributed by atoms with E-state index >= 15 is 0 Å². The Hall–Kier alpha value is -0.300. The zero-order chi connectivity index (χ0) is 7.28. The highest BCUT2D eigenvalue weighted by Gasteiger charge is 2.06. The van der Waals surface area contributed by atoms with E-state index in [1.807, 2.05) is 32.9 Å². The van der Waals surface area contributed by atoms with Gasteiger partial charge >= 0.3 is 0 Å². The summed E-state index contributed by atoms with van der Waals surface area (Å²) in [6, 6.07) is 0. The average molecular weight is 128 g/mol. The highest BCUT2D eigenvalue weighted by molar-refractivity contribution is 4.86. The van der Waals surface area contributed by atoms with Crippen LogP contribution < -0.4 is 0 Å².